The Balaban J connectivity index is 2.31. The molecule has 3 heteroatoms. The Morgan fingerprint density at radius 2 is 1.53 bits per heavy atom. The summed E-state index contributed by atoms with van der Waals surface area (Å²) in [4.78, 5) is 0. The predicted octanol–water partition coefficient (Wildman–Crippen LogP) is 2.31. The molecule has 0 aliphatic heterocycles. The SMILES string of the molecule is COC(OC)C(C)NC1CCCCCC1. The maximum atomic E-state index is 5.25. The molecule has 0 aromatic carbocycles. The van der Waals surface area contributed by atoms with Gasteiger partial charge in [0.25, 0.3) is 0 Å². The number of ether oxygens (including phenoxy) is 2. The van der Waals surface area contributed by atoms with E-state index >= 15 is 0 Å². The third-order valence-corrected chi connectivity index (χ3v) is 3.23. The second kappa shape index (κ2) is 7.20. The Hall–Kier alpha value is -0.120. The number of nitrogens with one attached hydrogen (secondary N) is 1. The zero-order valence-corrected chi connectivity index (χ0v) is 10.3. The van der Waals surface area contributed by atoms with Crippen molar-refractivity contribution in [3.05, 3.63) is 0 Å². The van der Waals surface area contributed by atoms with Gasteiger partial charge < -0.3 is 14.8 Å². The van der Waals surface area contributed by atoms with Crippen LogP contribution in [0.1, 0.15) is 45.4 Å². The molecule has 1 rings (SSSR count). The lowest BCUT2D eigenvalue weighted by Crippen LogP contribution is -2.44. The zero-order valence-electron chi connectivity index (χ0n) is 10.3. The Kier molecular flexibility index (Phi) is 6.22. The van der Waals surface area contributed by atoms with Gasteiger partial charge in [0.2, 0.25) is 0 Å². The van der Waals surface area contributed by atoms with Crippen molar-refractivity contribution in [1.29, 1.82) is 0 Å². The molecule has 15 heavy (non-hydrogen) atoms. The molecule has 1 aliphatic rings. The topological polar surface area (TPSA) is 30.5 Å². The third-order valence-electron chi connectivity index (χ3n) is 3.23. The van der Waals surface area contributed by atoms with Crippen molar-refractivity contribution in [2.45, 2.75) is 63.8 Å². The van der Waals surface area contributed by atoms with Crippen LogP contribution in [0.2, 0.25) is 0 Å². The minimum atomic E-state index is -0.131. The van der Waals surface area contributed by atoms with Gasteiger partial charge in [0.1, 0.15) is 0 Å². The van der Waals surface area contributed by atoms with E-state index in [9.17, 15) is 0 Å². The van der Waals surface area contributed by atoms with Crippen LogP contribution in [0.4, 0.5) is 0 Å². The van der Waals surface area contributed by atoms with Crippen LogP contribution in [0.25, 0.3) is 0 Å². The van der Waals surface area contributed by atoms with Gasteiger partial charge in [0.15, 0.2) is 6.29 Å². The quantitative estimate of drug-likeness (QED) is 0.564. The van der Waals surface area contributed by atoms with Crippen molar-refractivity contribution in [1.82, 2.24) is 5.32 Å². The molecule has 0 radical (unpaired) electrons. The van der Waals surface area contributed by atoms with E-state index in [4.69, 9.17) is 9.47 Å². The molecule has 3 nitrogen and oxygen atoms in total. The van der Waals surface area contributed by atoms with E-state index in [1.807, 2.05) is 0 Å². The van der Waals surface area contributed by atoms with Gasteiger partial charge in [-0.15, -0.1) is 0 Å². The van der Waals surface area contributed by atoms with Gasteiger partial charge >= 0.3 is 0 Å². The number of hydrogen-bond acceptors (Lipinski definition) is 3. The largest absolute Gasteiger partial charge is 0.354 e. The Labute approximate surface area is 93.5 Å². The first-order chi connectivity index (χ1) is 7.27. The van der Waals surface area contributed by atoms with Crippen molar-refractivity contribution in [2.75, 3.05) is 14.2 Å². The first-order valence-electron chi connectivity index (χ1n) is 6.09. The summed E-state index contributed by atoms with van der Waals surface area (Å²) in [6.07, 6.45) is 7.96. The highest BCUT2D eigenvalue weighted by Crippen LogP contribution is 2.18. The number of rotatable bonds is 5. The molecule has 0 bridgehead atoms. The Morgan fingerprint density at radius 3 is 2.00 bits per heavy atom. The van der Waals surface area contributed by atoms with E-state index in [0.717, 1.165) is 0 Å². The second-order valence-electron chi connectivity index (χ2n) is 4.48. The van der Waals surface area contributed by atoms with E-state index in [1.54, 1.807) is 14.2 Å². The monoisotopic (exact) mass is 215 g/mol. The average molecular weight is 215 g/mol. The first kappa shape index (κ1) is 12.9. The third kappa shape index (κ3) is 4.49. The van der Waals surface area contributed by atoms with Crippen molar-refractivity contribution in [2.24, 2.45) is 0 Å². The highest BCUT2D eigenvalue weighted by molar-refractivity contribution is 4.75. The van der Waals surface area contributed by atoms with E-state index in [0.29, 0.717) is 6.04 Å². The first-order valence-corrected chi connectivity index (χ1v) is 6.09. The Bertz CT molecular complexity index is 152. The molecule has 0 heterocycles. The highest BCUT2D eigenvalue weighted by atomic mass is 16.7. The fourth-order valence-electron chi connectivity index (χ4n) is 2.40. The summed E-state index contributed by atoms with van der Waals surface area (Å²) < 4.78 is 10.5. The van der Waals surface area contributed by atoms with Crippen LogP contribution < -0.4 is 5.32 Å². The summed E-state index contributed by atoms with van der Waals surface area (Å²) in [7, 11) is 3.39. The standard InChI is InChI=1S/C12H25NO2/c1-10(12(14-2)15-3)13-11-8-6-4-5-7-9-11/h10-13H,4-9H2,1-3H3. The minimum Gasteiger partial charge on any atom is -0.354 e. The lowest BCUT2D eigenvalue weighted by Gasteiger charge is -2.27. The molecule has 0 spiro atoms. The zero-order chi connectivity index (χ0) is 11.1. The summed E-state index contributed by atoms with van der Waals surface area (Å²) in [5.74, 6) is 0. The van der Waals surface area contributed by atoms with Crippen LogP contribution in [-0.4, -0.2) is 32.6 Å². The van der Waals surface area contributed by atoms with Gasteiger partial charge in [-0.1, -0.05) is 25.7 Å². The van der Waals surface area contributed by atoms with Crippen molar-refractivity contribution >= 4 is 0 Å². The smallest absolute Gasteiger partial charge is 0.171 e. The summed E-state index contributed by atoms with van der Waals surface area (Å²) in [5.41, 5.74) is 0. The summed E-state index contributed by atoms with van der Waals surface area (Å²) in [6, 6.07) is 0.915. The summed E-state index contributed by atoms with van der Waals surface area (Å²) in [6.45, 7) is 2.13. The molecule has 1 saturated carbocycles. The number of methoxy groups -OCH3 is 2. The number of hydrogen-bond donors (Lipinski definition) is 1. The van der Waals surface area contributed by atoms with Crippen molar-refractivity contribution < 1.29 is 9.47 Å². The van der Waals surface area contributed by atoms with E-state index in [-0.39, 0.29) is 12.3 Å². The van der Waals surface area contributed by atoms with Gasteiger partial charge in [-0.25, -0.2) is 0 Å². The van der Waals surface area contributed by atoms with Crippen molar-refractivity contribution in [3.8, 4) is 0 Å². The molecular weight excluding hydrogens is 190 g/mol. The van der Waals surface area contributed by atoms with Crippen LogP contribution >= 0.6 is 0 Å². The predicted molar refractivity (Wildman–Crippen MR) is 61.9 cm³/mol. The van der Waals surface area contributed by atoms with Crippen LogP contribution in [0.5, 0.6) is 0 Å². The Morgan fingerprint density at radius 1 is 1.00 bits per heavy atom. The van der Waals surface area contributed by atoms with Crippen LogP contribution in [0.15, 0.2) is 0 Å². The van der Waals surface area contributed by atoms with Gasteiger partial charge in [0, 0.05) is 20.3 Å². The molecule has 0 aromatic rings. The van der Waals surface area contributed by atoms with E-state index in [1.165, 1.54) is 38.5 Å². The molecule has 0 amide bonds. The van der Waals surface area contributed by atoms with Crippen LogP contribution in [0.3, 0.4) is 0 Å². The van der Waals surface area contributed by atoms with Crippen LogP contribution in [-0.2, 0) is 9.47 Å². The average Bonchev–Trinajstić information content (AvgIpc) is 2.48. The van der Waals surface area contributed by atoms with Gasteiger partial charge in [-0.3, -0.25) is 0 Å². The van der Waals surface area contributed by atoms with Gasteiger partial charge in [0.05, 0.1) is 6.04 Å². The fourth-order valence-corrected chi connectivity index (χ4v) is 2.40. The molecule has 1 unspecified atom stereocenters. The molecular formula is C12H25NO2. The second-order valence-corrected chi connectivity index (χ2v) is 4.48. The molecule has 1 aliphatic carbocycles. The van der Waals surface area contributed by atoms with Crippen LogP contribution in [0, 0.1) is 0 Å². The molecule has 1 atom stereocenters. The molecule has 1 N–H and O–H groups in total. The fraction of sp³-hybridized carbons (Fsp3) is 1.00. The molecule has 0 saturated heterocycles. The summed E-state index contributed by atoms with van der Waals surface area (Å²) in [5, 5.41) is 3.61. The maximum Gasteiger partial charge on any atom is 0.171 e. The highest BCUT2D eigenvalue weighted by Gasteiger charge is 2.20. The maximum absolute atomic E-state index is 5.25. The van der Waals surface area contributed by atoms with E-state index < -0.39 is 0 Å². The normalized spacial score (nSPS) is 21.6. The van der Waals surface area contributed by atoms with Crippen molar-refractivity contribution in [3.63, 3.8) is 0 Å². The van der Waals surface area contributed by atoms with Gasteiger partial charge in [-0.05, 0) is 19.8 Å². The van der Waals surface area contributed by atoms with Gasteiger partial charge in [-0.2, -0.15) is 0 Å². The minimum absolute atomic E-state index is 0.131. The molecule has 0 aromatic heterocycles. The van der Waals surface area contributed by atoms with E-state index in [2.05, 4.69) is 12.2 Å². The summed E-state index contributed by atoms with van der Waals surface area (Å²) >= 11 is 0. The lowest BCUT2D eigenvalue weighted by atomic mass is 10.1. The lowest BCUT2D eigenvalue weighted by molar-refractivity contribution is -0.121. The molecule has 90 valence electrons. The molecule has 1 fully saturated rings.